The second kappa shape index (κ2) is 47.5. The predicted octanol–water partition coefficient (Wildman–Crippen LogP) is 18.0. The van der Waals surface area contributed by atoms with Crippen molar-refractivity contribution in [1.29, 1.82) is 5.26 Å². The molecular formula is C99H76ClI5N18O15. The number of rotatable bonds is 21. The zero-order chi connectivity index (χ0) is 97.2. The van der Waals surface area contributed by atoms with E-state index < -0.39 is 35.0 Å². The number of nitrogens with one attached hydrogen (secondary N) is 5. The summed E-state index contributed by atoms with van der Waals surface area (Å²) in [6, 6.07) is 66.2. The Hall–Kier alpha value is -14.3. The molecule has 0 bridgehead atoms. The first-order valence-corrected chi connectivity index (χ1v) is 47.3. The van der Waals surface area contributed by atoms with Gasteiger partial charge in [0.25, 0.3) is 35.3 Å². The molecule has 9 aromatic heterocycles. The molecule has 0 saturated carbocycles. The van der Waals surface area contributed by atoms with Crippen LogP contribution in [0.3, 0.4) is 0 Å². The van der Waals surface area contributed by atoms with Gasteiger partial charge in [-0.05, 0) is 178 Å². The molecule has 14 heterocycles. The van der Waals surface area contributed by atoms with Crippen molar-refractivity contribution in [3.8, 4) is 40.6 Å². The van der Waals surface area contributed by atoms with Gasteiger partial charge in [0.1, 0.15) is 123 Å². The molecule has 138 heavy (non-hydrogen) atoms. The van der Waals surface area contributed by atoms with Gasteiger partial charge >= 0.3 is 12.1 Å². The number of urea groups is 2. The fourth-order valence-electron chi connectivity index (χ4n) is 14.2. The third-order valence-electron chi connectivity index (χ3n) is 21.0. The number of fused-ring (bicyclic) bond motifs is 4. The molecule has 2 fully saturated rings. The van der Waals surface area contributed by atoms with Gasteiger partial charge in [-0.2, -0.15) is 9.99 Å². The Morgan fingerprint density at radius 3 is 1.43 bits per heavy atom. The van der Waals surface area contributed by atoms with Gasteiger partial charge in [0.15, 0.2) is 23.5 Å². The van der Waals surface area contributed by atoms with Crippen LogP contribution >= 0.6 is 125 Å². The van der Waals surface area contributed by atoms with Crippen LogP contribution in [0.4, 0.5) is 21.2 Å². The molecule has 15 aromatic rings. The van der Waals surface area contributed by atoms with E-state index in [2.05, 4.69) is 184 Å². The fraction of sp³-hybridized carbons (Fsp3) is 0.141. The summed E-state index contributed by atoms with van der Waals surface area (Å²) in [6.45, 7) is 18.0. The van der Waals surface area contributed by atoms with Gasteiger partial charge in [-0.3, -0.25) is 49.8 Å². The summed E-state index contributed by atoms with van der Waals surface area (Å²) in [5.41, 5.74) is 5.62. The van der Waals surface area contributed by atoms with Crippen molar-refractivity contribution >= 4 is 200 Å². The number of halogens is 6. The predicted molar refractivity (Wildman–Crippen MR) is 551 cm³/mol. The largest absolute Gasteiger partial charge is 0.619 e. The molecule has 39 heteroatoms. The average molecular weight is 2430 g/mol. The maximum absolute atomic E-state index is 13.2. The third kappa shape index (κ3) is 24.9. The molecule has 0 aliphatic carbocycles. The van der Waals surface area contributed by atoms with Crippen LogP contribution < -0.4 is 59.7 Å². The number of imide groups is 2. The van der Waals surface area contributed by atoms with Crippen molar-refractivity contribution in [3.63, 3.8) is 0 Å². The van der Waals surface area contributed by atoms with Crippen molar-refractivity contribution in [3.05, 3.63) is 393 Å². The summed E-state index contributed by atoms with van der Waals surface area (Å²) in [7, 11) is 3.05. The van der Waals surface area contributed by atoms with E-state index in [0.29, 0.717) is 119 Å². The van der Waals surface area contributed by atoms with E-state index in [4.69, 9.17) is 67.3 Å². The topological polar surface area (TPSA) is 400 Å². The first kappa shape index (κ1) is 99.7. The molecule has 694 valence electrons. The second-order valence-corrected chi connectivity index (χ2v) is 36.1. The molecule has 2 atom stereocenters. The van der Waals surface area contributed by atoms with E-state index in [1.807, 2.05) is 140 Å². The summed E-state index contributed by atoms with van der Waals surface area (Å²) in [6.07, 6.45) is 16.1. The van der Waals surface area contributed by atoms with Gasteiger partial charge in [0.05, 0.1) is 55.0 Å². The van der Waals surface area contributed by atoms with E-state index in [1.54, 1.807) is 116 Å². The second-order valence-electron chi connectivity index (χ2n) is 30.0. The number of aromatic nitrogens is 7. The van der Waals surface area contributed by atoms with Crippen LogP contribution in [-0.2, 0) is 60.2 Å². The minimum absolute atomic E-state index is 0.109. The number of amides is 8. The Bertz CT molecular complexity index is 7100. The molecule has 0 spiro atoms. The van der Waals surface area contributed by atoms with Gasteiger partial charge in [0, 0.05) is 101 Å². The molecule has 2 saturated heterocycles. The van der Waals surface area contributed by atoms with Crippen LogP contribution in [0, 0.1) is 47.5 Å². The number of benzene rings is 6. The zero-order valence-electron chi connectivity index (χ0n) is 72.8. The normalized spacial score (nSPS) is 14.9. The van der Waals surface area contributed by atoms with E-state index >= 15 is 0 Å². The van der Waals surface area contributed by atoms with Crippen LogP contribution in [0.15, 0.2) is 288 Å². The number of aliphatic imine (C=N–C) groups is 1. The van der Waals surface area contributed by atoms with Crippen LogP contribution in [0.1, 0.15) is 77.0 Å². The molecular weight excluding hydrogens is 2350 g/mol. The van der Waals surface area contributed by atoms with E-state index in [-0.39, 0.29) is 55.3 Å². The Kier molecular flexibility index (Phi) is 34.3. The van der Waals surface area contributed by atoms with Crippen molar-refractivity contribution in [2.45, 2.75) is 50.6 Å². The van der Waals surface area contributed by atoms with Crippen molar-refractivity contribution < 1.29 is 70.8 Å². The highest BCUT2D eigenvalue weighted by molar-refractivity contribution is 14.1. The van der Waals surface area contributed by atoms with Crippen molar-refractivity contribution in [2.75, 3.05) is 40.4 Å². The van der Waals surface area contributed by atoms with E-state index in [0.717, 1.165) is 66.9 Å². The van der Waals surface area contributed by atoms with E-state index in [1.165, 1.54) is 54.2 Å². The lowest BCUT2D eigenvalue weighted by Gasteiger charge is -2.29. The number of furan rings is 2. The molecule has 8 amide bonds. The van der Waals surface area contributed by atoms with Crippen LogP contribution in [0.25, 0.3) is 31.6 Å². The standard InChI is InChI=1S/C23H20N6O5.C21H15N5O5.2C13H9IN2O.C12H10INO2.C12H10INO.C5H3ClIN/c1-33-13-3-2-12-10-29(20(30)14(12)8-13)11-23(21(31)27-22(32)28-23)17-9-15-16(34-17)4-5-24-18(15)19-25-6-7-26-19;1-22-17-14-8-16(31-15(14)5-6-23-17)21(19(28)24-20(29)25-21)10-26-9-11-3-4-12(30-2)7-13(11)18(26)27;1-15-13-12(14)11(7-8-16-13)17-9-10-5-3-2-4-6-10;14-12-8-16-11(7-15)6-13(12)17-9-10-4-2-1-3-5-10;13-11-8-14(15)7-6-12(11)16-9-10-4-2-1-3-5-10;13-11-8-14-7-6-12(11)15-9-10-4-2-1-3-5-10;6-4-1-2-8-3-5(4)7/h2-5,8-9H,6-7,10-11H2,1H3,(H,25,26)(H2,27,28,31,32);3-8H,9-10H2,2H3,(H2,24,25,28,29);2-8H,9H2;1-6,8H,9H2;1-8H,9H2;1-8H,9H2;1-3H/t23-;21-;;;;;/m00...../s1. The smallest absolute Gasteiger partial charge is 0.322 e. The Balaban J connectivity index is 0.000000134. The third-order valence-corrected chi connectivity index (χ3v) is 25.9. The number of ether oxygens (including phenoxy) is 6. The molecule has 5 aliphatic heterocycles. The molecule has 0 radical (unpaired) electrons. The SMILES string of the molecule is COc1ccc2c(c1)C(=O)N(C[C@@]1(c3cc4c(C5=NCCN5)nccc4o3)NC(=O)NC1=O)C2.Clc1ccncc1I.Ic1cnccc1OCc1ccccc1.N#Cc1cc(OCc2ccccc2)c(I)cn1.[C-]#[N+]c1nccc(OCc2ccccc2)c1I.[C-]#[N+]c1nccc2oc([C@]3(CN4Cc5ccc(OC)cc5C4=O)NC(=O)NC3=O)cc12.[O-][n+]1ccc(OCc2ccccc2)c(I)c1. The summed E-state index contributed by atoms with van der Waals surface area (Å²) in [5.74, 6) is 3.81. The van der Waals surface area contributed by atoms with Crippen LogP contribution in [0.5, 0.6) is 34.5 Å². The number of carbonyl (C=O) groups excluding carboxylic acids is 6. The summed E-state index contributed by atoms with van der Waals surface area (Å²) >= 11 is 16.3. The lowest BCUT2D eigenvalue weighted by molar-refractivity contribution is -0.606. The van der Waals surface area contributed by atoms with Gasteiger partial charge in [0.2, 0.25) is 0 Å². The zero-order valence-corrected chi connectivity index (χ0v) is 84.3. The summed E-state index contributed by atoms with van der Waals surface area (Å²) < 4.78 is 50.3. The number of hydrogen-bond acceptors (Lipinski definition) is 24. The molecule has 6 aromatic carbocycles. The highest BCUT2D eigenvalue weighted by Crippen LogP contribution is 2.40. The molecule has 33 nitrogen and oxygen atoms in total. The minimum atomic E-state index is -1.64. The Morgan fingerprint density at radius 2 is 0.971 bits per heavy atom. The highest BCUT2D eigenvalue weighted by atomic mass is 127. The quantitative estimate of drug-likeness (QED) is 0.0147. The number of nitriles is 1. The average Bonchev–Trinajstić information content (AvgIpc) is 1.59. The number of methoxy groups -OCH3 is 2. The van der Waals surface area contributed by atoms with Gasteiger partial charge in [-0.25, -0.2) is 14.6 Å². The number of hydrogen-bond donors (Lipinski definition) is 5. The summed E-state index contributed by atoms with van der Waals surface area (Å²) in [5, 5.41) is 34.6. The van der Waals surface area contributed by atoms with Crippen molar-refractivity contribution in [2.24, 2.45) is 4.99 Å². The fourth-order valence-corrected chi connectivity index (χ4v) is 16.8. The molecule has 0 unspecified atom stereocenters. The van der Waals surface area contributed by atoms with Crippen LogP contribution in [0.2, 0.25) is 5.02 Å². The van der Waals surface area contributed by atoms with Gasteiger partial charge in [-0.15, -0.1) is 9.97 Å². The molecule has 20 rings (SSSR count). The van der Waals surface area contributed by atoms with E-state index in [9.17, 15) is 34.0 Å². The lowest BCUT2D eigenvalue weighted by atomic mass is 9.95. The van der Waals surface area contributed by atoms with Gasteiger partial charge < -0.3 is 77.9 Å². The van der Waals surface area contributed by atoms with Gasteiger partial charge in [-0.1, -0.05) is 181 Å². The summed E-state index contributed by atoms with van der Waals surface area (Å²) in [4.78, 5) is 115. The van der Waals surface area contributed by atoms with Crippen molar-refractivity contribution in [1.82, 2.24) is 66.3 Å². The first-order chi connectivity index (χ1) is 66.9. The molecule has 5 N–H and O–H groups in total. The number of nitrogens with zero attached hydrogens (tertiary/aromatic N) is 13. The monoisotopic (exact) mass is 2430 g/mol. The lowest BCUT2D eigenvalue weighted by Crippen LogP contribution is -2.52. The van der Waals surface area contributed by atoms with Crippen LogP contribution in [-0.4, -0.2) is 122 Å². The minimum Gasteiger partial charge on any atom is -0.619 e. The maximum Gasteiger partial charge on any atom is 0.322 e. The highest BCUT2D eigenvalue weighted by Gasteiger charge is 2.55. The number of carbonyl (C=O) groups is 6. The Labute approximate surface area is 862 Å². The number of amidine groups is 1. The number of pyridine rings is 7. The maximum atomic E-state index is 13.2. The first-order valence-electron chi connectivity index (χ1n) is 41.6. The Morgan fingerprint density at radius 1 is 0.514 bits per heavy atom. The molecule has 5 aliphatic rings.